The van der Waals surface area contributed by atoms with Crippen molar-refractivity contribution in [3.63, 3.8) is 0 Å². The van der Waals surface area contributed by atoms with Crippen LogP contribution in [0.15, 0.2) is 63.9 Å². The molecule has 0 bridgehead atoms. The largest absolute Gasteiger partial charge is 0.497 e. The third-order valence-electron chi connectivity index (χ3n) is 4.66. The molecule has 1 aromatic heterocycles. The monoisotopic (exact) mass is 428 g/mol. The Labute approximate surface area is 176 Å². The molecule has 1 atom stereocenters. The molecule has 1 amide bonds. The van der Waals surface area contributed by atoms with Gasteiger partial charge in [0.25, 0.3) is 15.9 Å². The summed E-state index contributed by atoms with van der Waals surface area (Å²) in [6.07, 6.45) is 0. The van der Waals surface area contributed by atoms with E-state index in [9.17, 15) is 13.2 Å². The molecule has 8 heteroatoms. The Morgan fingerprint density at radius 3 is 2.20 bits per heavy atom. The van der Waals surface area contributed by atoms with Crippen molar-refractivity contribution in [2.24, 2.45) is 0 Å². The number of ether oxygens (including phenoxy) is 1. The molecule has 0 saturated heterocycles. The molecule has 2 aromatic carbocycles. The number of hydrogen-bond donors (Lipinski definition) is 2. The fraction of sp³-hybridized carbons (Fsp3) is 0.227. The van der Waals surface area contributed by atoms with E-state index >= 15 is 0 Å². The van der Waals surface area contributed by atoms with E-state index in [1.165, 1.54) is 31.4 Å². The van der Waals surface area contributed by atoms with E-state index in [1.807, 2.05) is 26.8 Å². The maximum Gasteiger partial charge on any atom is 0.261 e. The molecule has 0 spiro atoms. The lowest BCUT2D eigenvalue weighted by atomic mass is 10.1. The van der Waals surface area contributed by atoms with Crippen LogP contribution in [0, 0.1) is 13.8 Å². The molecule has 2 N–H and O–H groups in total. The first kappa shape index (κ1) is 21.4. The second-order valence-corrected chi connectivity index (χ2v) is 8.60. The predicted molar refractivity (Wildman–Crippen MR) is 114 cm³/mol. The smallest absolute Gasteiger partial charge is 0.261 e. The lowest BCUT2D eigenvalue weighted by molar-refractivity contribution is 0.0939. The minimum atomic E-state index is -3.78. The highest BCUT2D eigenvalue weighted by Crippen LogP contribution is 2.22. The lowest BCUT2D eigenvalue weighted by Gasteiger charge is -2.14. The molecule has 0 aliphatic rings. The first-order valence-corrected chi connectivity index (χ1v) is 10.8. The number of aryl methyl sites for hydroxylation is 2. The van der Waals surface area contributed by atoms with Gasteiger partial charge in [-0.1, -0.05) is 0 Å². The highest BCUT2D eigenvalue weighted by molar-refractivity contribution is 7.92. The van der Waals surface area contributed by atoms with Gasteiger partial charge in [-0.3, -0.25) is 9.52 Å². The van der Waals surface area contributed by atoms with Crippen LogP contribution >= 0.6 is 0 Å². The highest BCUT2D eigenvalue weighted by atomic mass is 32.2. The Balaban J connectivity index is 1.69. The number of amides is 1. The quantitative estimate of drug-likeness (QED) is 0.588. The van der Waals surface area contributed by atoms with Gasteiger partial charge in [0.2, 0.25) is 0 Å². The average Bonchev–Trinajstić information content (AvgIpc) is 3.06. The first-order chi connectivity index (χ1) is 14.2. The minimum absolute atomic E-state index is 0.0595. The van der Waals surface area contributed by atoms with Crippen molar-refractivity contribution in [1.29, 1.82) is 0 Å². The van der Waals surface area contributed by atoms with Crippen LogP contribution in [0.5, 0.6) is 5.75 Å². The SMILES string of the molecule is COc1ccc(NS(=O)(=O)c2ccc(C(=O)NC(C)c3cc(C)oc3C)cc2)cc1. The Bertz CT molecular complexity index is 1130. The second-order valence-electron chi connectivity index (χ2n) is 6.92. The Kier molecular flexibility index (Phi) is 6.17. The van der Waals surface area contributed by atoms with Gasteiger partial charge in [0, 0.05) is 16.8 Å². The van der Waals surface area contributed by atoms with Crippen molar-refractivity contribution >= 4 is 21.6 Å². The summed E-state index contributed by atoms with van der Waals surface area (Å²) in [6.45, 7) is 5.57. The fourth-order valence-corrected chi connectivity index (χ4v) is 4.16. The minimum Gasteiger partial charge on any atom is -0.497 e. The van der Waals surface area contributed by atoms with Gasteiger partial charge in [0.05, 0.1) is 18.0 Å². The molecule has 0 aliphatic carbocycles. The van der Waals surface area contributed by atoms with Crippen molar-refractivity contribution in [2.75, 3.05) is 11.8 Å². The molecule has 30 heavy (non-hydrogen) atoms. The summed E-state index contributed by atoms with van der Waals surface area (Å²) >= 11 is 0. The van der Waals surface area contributed by atoms with E-state index in [0.717, 1.165) is 17.1 Å². The molecule has 0 fully saturated rings. The summed E-state index contributed by atoms with van der Waals surface area (Å²) in [5.41, 5.74) is 1.68. The van der Waals surface area contributed by atoms with E-state index in [-0.39, 0.29) is 16.8 Å². The van der Waals surface area contributed by atoms with Crippen LogP contribution in [0.3, 0.4) is 0 Å². The van der Waals surface area contributed by atoms with Crippen molar-refractivity contribution in [2.45, 2.75) is 31.7 Å². The van der Waals surface area contributed by atoms with Crippen molar-refractivity contribution in [1.82, 2.24) is 5.32 Å². The predicted octanol–water partition coefficient (Wildman–Crippen LogP) is 4.20. The summed E-state index contributed by atoms with van der Waals surface area (Å²) in [6, 6.07) is 14.0. The van der Waals surface area contributed by atoms with Crippen LogP contribution in [0.1, 0.15) is 40.4 Å². The fourth-order valence-electron chi connectivity index (χ4n) is 3.10. The van der Waals surface area contributed by atoms with Gasteiger partial charge in [-0.05, 0) is 75.4 Å². The van der Waals surface area contributed by atoms with Crippen molar-refractivity contribution in [3.05, 3.63) is 77.2 Å². The number of nitrogens with one attached hydrogen (secondary N) is 2. The highest BCUT2D eigenvalue weighted by Gasteiger charge is 2.18. The van der Waals surface area contributed by atoms with Crippen LogP contribution in [-0.2, 0) is 10.0 Å². The number of carbonyl (C=O) groups is 1. The van der Waals surface area contributed by atoms with Gasteiger partial charge in [0.15, 0.2) is 0 Å². The van der Waals surface area contributed by atoms with Crippen LogP contribution in [0.4, 0.5) is 5.69 Å². The molecule has 0 aliphatic heterocycles. The number of anilines is 1. The summed E-state index contributed by atoms with van der Waals surface area (Å²) < 4.78 is 38.2. The van der Waals surface area contributed by atoms with Crippen LogP contribution in [-0.4, -0.2) is 21.4 Å². The molecular formula is C22H24N2O5S. The number of furan rings is 1. The maximum atomic E-state index is 12.6. The zero-order valence-corrected chi connectivity index (χ0v) is 18.0. The van der Waals surface area contributed by atoms with E-state index in [1.54, 1.807) is 24.3 Å². The van der Waals surface area contributed by atoms with E-state index in [4.69, 9.17) is 9.15 Å². The second kappa shape index (κ2) is 8.62. The number of hydrogen-bond acceptors (Lipinski definition) is 5. The standard InChI is InChI=1S/C22H24N2O5S/c1-14-13-21(16(3)29-14)15(2)23-22(25)17-5-11-20(12-6-17)30(26,27)24-18-7-9-19(28-4)10-8-18/h5-13,15,24H,1-4H3,(H,23,25). The van der Waals surface area contributed by atoms with Gasteiger partial charge >= 0.3 is 0 Å². The normalized spacial score (nSPS) is 12.3. The number of sulfonamides is 1. The average molecular weight is 429 g/mol. The Hall–Kier alpha value is -3.26. The molecular weight excluding hydrogens is 404 g/mol. The molecule has 3 rings (SSSR count). The molecule has 0 saturated carbocycles. The van der Waals surface area contributed by atoms with Crippen LogP contribution in [0.25, 0.3) is 0 Å². The molecule has 0 radical (unpaired) electrons. The Morgan fingerprint density at radius 2 is 1.67 bits per heavy atom. The summed E-state index contributed by atoms with van der Waals surface area (Å²) in [5.74, 6) is 1.87. The number of rotatable bonds is 7. The molecule has 1 unspecified atom stereocenters. The third kappa shape index (κ3) is 4.83. The van der Waals surface area contributed by atoms with Gasteiger partial charge < -0.3 is 14.5 Å². The summed E-state index contributed by atoms with van der Waals surface area (Å²) in [5, 5.41) is 2.90. The number of carbonyl (C=O) groups excluding carboxylic acids is 1. The van der Waals surface area contributed by atoms with E-state index in [0.29, 0.717) is 17.0 Å². The molecule has 7 nitrogen and oxygen atoms in total. The van der Waals surface area contributed by atoms with E-state index in [2.05, 4.69) is 10.0 Å². The molecule has 1 heterocycles. The zero-order valence-electron chi connectivity index (χ0n) is 17.2. The van der Waals surface area contributed by atoms with Gasteiger partial charge in [0.1, 0.15) is 17.3 Å². The van der Waals surface area contributed by atoms with Gasteiger partial charge in [-0.15, -0.1) is 0 Å². The number of methoxy groups -OCH3 is 1. The molecule has 3 aromatic rings. The maximum absolute atomic E-state index is 12.6. The first-order valence-electron chi connectivity index (χ1n) is 9.34. The topological polar surface area (TPSA) is 97.6 Å². The van der Waals surface area contributed by atoms with E-state index < -0.39 is 10.0 Å². The summed E-state index contributed by atoms with van der Waals surface area (Å²) in [4.78, 5) is 12.6. The Morgan fingerprint density at radius 1 is 1.03 bits per heavy atom. The van der Waals surface area contributed by atoms with Crippen LogP contribution in [0.2, 0.25) is 0 Å². The van der Waals surface area contributed by atoms with Gasteiger partial charge in [-0.2, -0.15) is 0 Å². The van der Waals surface area contributed by atoms with Crippen molar-refractivity contribution in [3.8, 4) is 5.75 Å². The third-order valence-corrected chi connectivity index (χ3v) is 6.06. The van der Waals surface area contributed by atoms with Crippen molar-refractivity contribution < 1.29 is 22.4 Å². The summed E-state index contributed by atoms with van der Waals surface area (Å²) in [7, 11) is -2.24. The molecule has 158 valence electrons. The number of benzene rings is 2. The zero-order chi connectivity index (χ0) is 21.9. The van der Waals surface area contributed by atoms with Gasteiger partial charge in [-0.25, -0.2) is 8.42 Å². The lowest BCUT2D eigenvalue weighted by Crippen LogP contribution is -2.26. The van der Waals surface area contributed by atoms with Crippen LogP contribution < -0.4 is 14.8 Å².